The summed E-state index contributed by atoms with van der Waals surface area (Å²) in [6, 6.07) is 0. The van der Waals surface area contributed by atoms with Gasteiger partial charge in [0.2, 0.25) is 6.41 Å². The van der Waals surface area contributed by atoms with E-state index in [1.807, 2.05) is 0 Å². The van der Waals surface area contributed by atoms with E-state index in [0.29, 0.717) is 0 Å². The van der Waals surface area contributed by atoms with Crippen LogP contribution in [0.15, 0.2) is 0 Å². The molecule has 5 N–H and O–H groups in total. The molecule has 0 rings (SSSR count). The van der Waals surface area contributed by atoms with Gasteiger partial charge >= 0.3 is 6.16 Å². The van der Waals surface area contributed by atoms with Gasteiger partial charge < -0.3 is 21.3 Å². The fraction of sp³-hybridized carbons (Fsp3) is 0.500. The molecule has 0 atom stereocenters. The largest absolute Gasteiger partial charge is 0.503 e. The van der Waals surface area contributed by atoms with Crippen LogP contribution in [0.25, 0.3) is 0 Å². The molecule has 0 aromatic rings. The molecule has 0 aliphatic heterocycles. The molecular formula is C4H12N2O4. The highest BCUT2D eigenvalue weighted by molar-refractivity contribution is 5.53. The van der Waals surface area contributed by atoms with Crippen molar-refractivity contribution in [3.05, 3.63) is 0 Å². The maximum atomic E-state index is 9.43. The second-order valence-corrected chi connectivity index (χ2v) is 1.35. The van der Waals surface area contributed by atoms with Crippen LogP contribution < -0.4 is 6.15 Å². The van der Waals surface area contributed by atoms with Crippen LogP contribution in [-0.2, 0) is 4.79 Å². The quantitative estimate of drug-likeness (QED) is 0.461. The standard InChI is InChI=1S/C3H7NO.CH2O3.H3N/c1-4(2)3-5;2-1(3)4;/h3H,1-2H3;(H2,2,3,4);1H3. The van der Waals surface area contributed by atoms with E-state index in [4.69, 9.17) is 15.0 Å². The monoisotopic (exact) mass is 152 g/mol. The van der Waals surface area contributed by atoms with Gasteiger partial charge in [0, 0.05) is 14.1 Å². The van der Waals surface area contributed by atoms with E-state index in [1.54, 1.807) is 14.1 Å². The number of nitrogens with zero attached hydrogens (tertiary/aromatic N) is 1. The molecule has 0 aliphatic carbocycles. The summed E-state index contributed by atoms with van der Waals surface area (Å²) in [4.78, 5) is 19.4. The predicted molar refractivity (Wildman–Crippen MR) is 35.4 cm³/mol. The first-order valence-electron chi connectivity index (χ1n) is 2.04. The van der Waals surface area contributed by atoms with Gasteiger partial charge in [-0.15, -0.1) is 0 Å². The summed E-state index contributed by atoms with van der Waals surface area (Å²) in [5.74, 6) is 0. The zero-order chi connectivity index (χ0) is 7.86. The van der Waals surface area contributed by atoms with Crippen LogP contribution in [0, 0.1) is 0 Å². The highest BCUT2D eigenvalue weighted by atomic mass is 16.6. The van der Waals surface area contributed by atoms with Crippen molar-refractivity contribution in [2.24, 2.45) is 0 Å². The number of rotatable bonds is 1. The third kappa shape index (κ3) is 444. The van der Waals surface area contributed by atoms with E-state index in [2.05, 4.69) is 0 Å². The number of carboxylic acid groups (broad SMARTS) is 2. The first kappa shape index (κ1) is 15.9. The molecule has 0 fully saturated rings. The molecule has 0 saturated heterocycles. The topological polar surface area (TPSA) is 113 Å². The van der Waals surface area contributed by atoms with Crippen molar-refractivity contribution in [2.75, 3.05) is 14.1 Å². The molecule has 6 nitrogen and oxygen atoms in total. The van der Waals surface area contributed by atoms with Gasteiger partial charge in [0.05, 0.1) is 0 Å². The maximum absolute atomic E-state index is 9.43. The molecule has 0 bridgehead atoms. The summed E-state index contributed by atoms with van der Waals surface area (Å²) in [6.07, 6.45) is -1.08. The molecule has 0 unspecified atom stereocenters. The molecule has 62 valence electrons. The fourth-order valence-corrected chi connectivity index (χ4v) is 0. The summed E-state index contributed by atoms with van der Waals surface area (Å²) < 4.78 is 0. The fourth-order valence-electron chi connectivity index (χ4n) is 0. The van der Waals surface area contributed by atoms with Crippen molar-refractivity contribution in [1.82, 2.24) is 11.1 Å². The van der Waals surface area contributed by atoms with Crippen LogP contribution in [0.4, 0.5) is 4.79 Å². The summed E-state index contributed by atoms with van der Waals surface area (Å²) in [7, 11) is 3.38. The lowest BCUT2D eigenvalue weighted by Crippen LogP contribution is -2.06. The van der Waals surface area contributed by atoms with Crippen molar-refractivity contribution in [2.45, 2.75) is 0 Å². The lowest BCUT2D eigenvalue weighted by molar-refractivity contribution is -0.115. The number of amides is 1. The molecule has 0 radical (unpaired) electrons. The van der Waals surface area contributed by atoms with E-state index >= 15 is 0 Å². The number of hydrogen-bond donors (Lipinski definition) is 3. The summed E-state index contributed by atoms with van der Waals surface area (Å²) in [6.45, 7) is 0. The molecule has 1 amide bonds. The zero-order valence-corrected chi connectivity index (χ0v) is 5.94. The Morgan fingerprint density at radius 3 is 1.50 bits per heavy atom. The van der Waals surface area contributed by atoms with Gasteiger partial charge in [-0.3, -0.25) is 4.79 Å². The SMILES string of the molecule is CN(C)C=O.N.O=C(O)O. The van der Waals surface area contributed by atoms with Gasteiger partial charge in [-0.05, 0) is 0 Å². The van der Waals surface area contributed by atoms with Gasteiger partial charge in [-0.2, -0.15) is 0 Å². The average Bonchev–Trinajstić information content (AvgIpc) is 1.65. The van der Waals surface area contributed by atoms with Crippen LogP contribution in [0.1, 0.15) is 0 Å². The highest BCUT2D eigenvalue weighted by Gasteiger charge is 1.70. The Kier molecular flexibility index (Phi) is 16.9. The number of carbonyl (C=O) groups excluding carboxylic acids is 1. The molecule has 0 spiro atoms. The van der Waals surface area contributed by atoms with Gasteiger partial charge in [0.15, 0.2) is 0 Å². The van der Waals surface area contributed by atoms with E-state index in [0.717, 1.165) is 6.41 Å². The molecule has 0 aliphatic rings. The van der Waals surface area contributed by atoms with Crippen molar-refractivity contribution in [1.29, 1.82) is 0 Å². The molecule has 0 saturated carbocycles. The first-order chi connectivity index (χ1) is 4.00. The van der Waals surface area contributed by atoms with Gasteiger partial charge in [0.1, 0.15) is 0 Å². The normalized spacial score (nSPS) is 5.80. The summed E-state index contributed by atoms with van der Waals surface area (Å²) >= 11 is 0. The van der Waals surface area contributed by atoms with Crippen LogP contribution >= 0.6 is 0 Å². The molecule has 6 heteroatoms. The van der Waals surface area contributed by atoms with E-state index in [9.17, 15) is 4.79 Å². The third-order valence-corrected chi connectivity index (χ3v) is 0.211. The molecule has 0 heterocycles. The van der Waals surface area contributed by atoms with Crippen molar-refractivity contribution in [3.8, 4) is 0 Å². The van der Waals surface area contributed by atoms with Crippen LogP contribution in [0.5, 0.6) is 0 Å². The Morgan fingerprint density at radius 1 is 1.40 bits per heavy atom. The lowest BCUT2D eigenvalue weighted by atomic mass is 11.0. The van der Waals surface area contributed by atoms with Gasteiger partial charge in [-0.25, -0.2) is 4.79 Å². The van der Waals surface area contributed by atoms with E-state index in [1.165, 1.54) is 4.90 Å². The summed E-state index contributed by atoms with van der Waals surface area (Å²) in [5.41, 5.74) is 0. The van der Waals surface area contributed by atoms with Crippen molar-refractivity contribution < 1.29 is 19.8 Å². The Morgan fingerprint density at radius 2 is 1.50 bits per heavy atom. The average molecular weight is 152 g/mol. The second kappa shape index (κ2) is 10.6. The highest BCUT2D eigenvalue weighted by Crippen LogP contribution is 1.52. The Bertz CT molecular complexity index is 89.3. The Balaban J connectivity index is -0.0000000910. The number of hydrogen-bond acceptors (Lipinski definition) is 3. The minimum absolute atomic E-state index is 0. The lowest BCUT2D eigenvalue weighted by Gasteiger charge is -1.93. The van der Waals surface area contributed by atoms with Crippen LogP contribution in [-0.4, -0.2) is 41.8 Å². The van der Waals surface area contributed by atoms with Crippen molar-refractivity contribution >= 4 is 12.6 Å². The van der Waals surface area contributed by atoms with Gasteiger partial charge in [-0.1, -0.05) is 0 Å². The van der Waals surface area contributed by atoms with Gasteiger partial charge in [0.25, 0.3) is 0 Å². The molecular weight excluding hydrogens is 140 g/mol. The predicted octanol–water partition coefficient (Wildman–Crippen LogP) is 0.0888. The minimum Gasteiger partial charge on any atom is -0.450 e. The van der Waals surface area contributed by atoms with Crippen LogP contribution in [0.2, 0.25) is 0 Å². The third-order valence-electron chi connectivity index (χ3n) is 0.211. The van der Waals surface area contributed by atoms with E-state index < -0.39 is 6.16 Å². The minimum atomic E-state index is -1.83. The van der Waals surface area contributed by atoms with Crippen LogP contribution in [0.3, 0.4) is 0 Å². The van der Waals surface area contributed by atoms with E-state index in [-0.39, 0.29) is 6.15 Å². The molecule has 0 aromatic carbocycles. The summed E-state index contributed by atoms with van der Waals surface area (Å²) in [5, 5.41) is 13.9. The first-order valence-corrected chi connectivity index (χ1v) is 2.04. The second-order valence-electron chi connectivity index (χ2n) is 1.35. The Hall–Kier alpha value is -1.30. The molecule has 0 aromatic heterocycles. The smallest absolute Gasteiger partial charge is 0.450 e. The molecule has 10 heavy (non-hydrogen) atoms. The Labute approximate surface area is 58.6 Å². The van der Waals surface area contributed by atoms with Crippen molar-refractivity contribution in [3.63, 3.8) is 0 Å². The number of carbonyl (C=O) groups is 2. The zero-order valence-electron chi connectivity index (χ0n) is 5.94. The maximum Gasteiger partial charge on any atom is 0.503 e.